The monoisotopic (exact) mass is 248 g/mol. The minimum absolute atomic E-state index is 0.439. The second-order valence-electron chi connectivity index (χ2n) is 3.63. The van der Waals surface area contributed by atoms with Gasteiger partial charge in [-0.2, -0.15) is 26.3 Å². The lowest BCUT2D eigenvalue weighted by atomic mass is 9.92. The van der Waals surface area contributed by atoms with Crippen LogP contribution >= 0.6 is 0 Å². The van der Waals surface area contributed by atoms with Gasteiger partial charge in [-0.25, -0.2) is 0 Å². The Morgan fingerprint density at radius 2 is 0.938 bits per heavy atom. The summed E-state index contributed by atoms with van der Waals surface area (Å²) in [5.41, 5.74) is 0. The molecule has 0 aromatic rings. The number of rotatable bonds is 5. The third kappa shape index (κ3) is 5.07. The highest BCUT2D eigenvalue weighted by Crippen LogP contribution is 2.37. The minimum atomic E-state index is -4.47. The number of hydrogen-bond acceptors (Lipinski definition) is 0. The third-order valence-corrected chi connectivity index (χ3v) is 2.49. The van der Waals surface area contributed by atoms with Gasteiger partial charge in [-0.15, -0.1) is 0 Å². The average molecular weight is 248 g/mol. The van der Waals surface area contributed by atoms with Crippen LogP contribution in [0.25, 0.3) is 0 Å². The second kappa shape index (κ2) is 5.77. The Morgan fingerprint density at radius 1 is 0.688 bits per heavy atom. The van der Waals surface area contributed by atoms with Gasteiger partial charge in [0.1, 0.15) is 0 Å². The summed E-state index contributed by atoms with van der Waals surface area (Å²) in [6.07, 6.45) is -10.9. The summed E-state index contributed by atoms with van der Waals surface area (Å²) in [5, 5.41) is 0. The van der Waals surface area contributed by atoms with E-state index in [9.17, 15) is 26.3 Å². The summed E-state index contributed by atoms with van der Waals surface area (Å²) in [6, 6.07) is 0. The molecule has 0 N–H and O–H groups in total. The highest BCUT2D eigenvalue weighted by atomic mass is 19.4. The van der Waals surface area contributed by atoms with Gasteiger partial charge in [0.25, 0.3) is 0 Å². The lowest BCUT2D eigenvalue weighted by Crippen LogP contribution is -2.27. The average Bonchev–Trinajstić information content (AvgIpc) is 2.08. The Labute approximate surface area is 91.0 Å². The Bertz CT molecular complexity index is 170. The summed E-state index contributed by atoms with van der Waals surface area (Å²) in [6.45, 7) is 6.20. The molecule has 2 atom stereocenters. The normalized spacial score (nSPS) is 17.2. The van der Waals surface area contributed by atoms with Gasteiger partial charge in [0.05, 0.1) is 11.8 Å². The standard InChI is InChI=1S/C10H14F6/c1-3-7(9(11,12)13)5-6-8(4-2)10(14,15)16/h7-8H,1-6H2. The second-order valence-corrected chi connectivity index (χ2v) is 3.63. The molecule has 2 unspecified atom stereocenters. The summed E-state index contributed by atoms with van der Waals surface area (Å²) in [4.78, 5) is 0. The van der Waals surface area contributed by atoms with Crippen LogP contribution in [0.4, 0.5) is 26.3 Å². The van der Waals surface area contributed by atoms with E-state index in [0.717, 1.165) is 0 Å². The van der Waals surface area contributed by atoms with E-state index in [4.69, 9.17) is 0 Å². The molecule has 0 spiro atoms. The molecule has 0 aliphatic carbocycles. The first-order valence-corrected chi connectivity index (χ1v) is 4.84. The molecule has 0 amide bonds. The van der Waals surface area contributed by atoms with Crippen molar-refractivity contribution < 1.29 is 26.3 Å². The van der Waals surface area contributed by atoms with Crippen molar-refractivity contribution in [3.63, 3.8) is 0 Å². The fraction of sp³-hybridized carbons (Fsp3) is 0.800. The molecule has 0 aliphatic heterocycles. The largest absolute Gasteiger partial charge is 0.391 e. The van der Waals surface area contributed by atoms with E-state index >= 15 is 0 Å². The Hall–Kier alpha value is -0.420. The summed E-state index contributed by atoms with van der Waals surface area (Å²) < 4.78 is 73.4. The molecule has 16 heavy (non-hydrogen) atoms. The van der Waals surface area contributed by atoms with Gasteiger partial charge >= 0.3 is 12.4 Å². The quantitative estimate of drug-likeness (QED) is 0.625. The first-order chi connectivity index (χ1) is 7.12. The van der Waals surface area contributed by atoms with Crippen LogP contribution in [0.1, 0.15) is 25.7 Å². The molecule has 2 radical (unpaired) electrons. The van der Waals surface area contributed by atoms with Gasteiger partial charge in [0.2, 0.25) is 0 Å². The van der Waals surface area contributed by atoms with Gasteiger partial charge in [-0.05, 0) is 25.7 Å². The minimum Gasteiger partial charge on any atom is -0.171 e. The van der Waals surface area contributed by atoms with Crippen molar-refractivity contribution in [3.8, 4) is 0 Å². The first kappa shape index (κ1) is 15.6. The van der Waals surface area contributed by atoms with Crippen LogP contribution < -0.4 is 0 Å². The maximum absolute atomic E-state index is 12.2. The maximum atomic E-state index is 12.2. The van der Waals surface area contributed by atoms with E-state index in [1.165, 1.54) is 0 Å². The molecule has 6 heteroatoms. The fourth-order valence-electron chi connectivity index (χ4n) is 1.35. The van der Waals surface area contributed by atoms with Gasteiger partial charge in [0.15, 0.2) is 0 Å². The number of halogens is 6. The molecule has 0 nitrogen and oxygen atoms in total. The van der Waals surface area contributed by atoms with Crippen molar-refractivity contribution >= 4 is 0 Å². The predicted octanol–water partition coefficient (Wildman–Crippen LogP) is 4.57. The van der Waals surface area contributed by atoms with Crippen molar-refractivity contribution in [3.05, 3.63) is 13.8 Å². The predicted molar refractivity (Wildman–Crippen MR) is 48.3 cm³/mol. The van der Waals surface area contributed by atoms with Crippen molar-refractivity contribution in [2.75, 3.05) is 0 Å². The van der Waals surface area contributed by atoms with Gasteiger partial charge in [0, 0.05) is 0 Å². The van der Waals surface area contributed by atoms with Crippen LogP contribution in [-0.2, 0) is 0 Å². The molecule has 0 heterocycles. The van der Waals surface area contributed by atoms with Crippen LogP contribution in [0.3, 0.4) is 0 Å². The van der Waals surface area contributed by atoms with E-state index in [0.29, 0.717) is 0 Å². The zero-order valence-corrected chi connectivity index (χ0v) is 8.67. The topological polar surface area (TPSA) is 0 Å². The number of hydrogen-bond donors (Lipinski definition) is 0. The fourth-order valence-corrected chi connectivity index (χ4v) is 1.35. The third-order valence-electron chi connectivity index (χ3n) is 2.49. The summed E-state index contributed by atoms with van der Waals surface area (Å²) >= 11 is 0. The smallest absolute Gasteiger partial charge is 0.171 e. The highest BCUT2D eigenvalue weighted by Gasteiger charge is 2.42. The molecule has 0 aromatic carbocycles. The van der Waals surface area contributed by atoms with Gasteiger partial charge in [-0.1, -0.05) is 13.8 Å². The molecule has 0 aromatic heterocycles. The molecule has 96 valence electrons. The summed E-state index contributed by atoms with van der Waals surface area (Å²) in [5.74, 6) is -3.52. The lowest BCUT2D eigenvalue weighted by molar-refractivity contribution is -0.192. The zero-order chi connectivity index (χ0) is 13.0. The van der Waals surface area contributed by atoms with Crippen molar-refractivity contribution in [1.29, 1.82) is 0 Å². The number of alkyl halides is 6. The molecular formula is C10H14F6. The van der Waals surface area contributed by atoms with Crippen molar-refractivity contribution in [1.82, 2.24) is 0 Å². The molecular weight excluding hydrogens is 234 g/mol. The van der Waals surface area contributed by atoms with Gasteiger partial charge < -0.3 is 0 Å². The van der Waals surface area contributed by atoms with Gasteiger partial charge in [-0.3, -0.25) is 0 Å². The van der Waals surface area contributed by atoms with Crippen LogP contribution in [-0.4, -0.2) is 12.4 Å². The van der Waals surface area contributed by atoms with Crippen molar-refractivity contribution in [2.45, 2.75) is 38.0 Å². The van der Waals surface area contributed by atoms with Crippen LogP contribution in [0.5, 0.6) is 0 Å². The Morgan fingerprint density at radius 3 is 1.06 bits per heavy atom. The molecule has 0 saturated heterocycles. The van der Waals surface area contributed by atoms with E-state index in [1.807, 2.05) is 0 Å². The van der Waals surface area contributed by atoms with E-state index in [1.54, 1.807) is 0 Å². The SMILES string of the molecule is [CH2]CC(CCC(C[CH2])C(F)(F)F)C(F)(F)F. The van der Waals surface area contributed by atoms with Crippen molar-refractivity contribution in [2.24, 2.45) is 11.8 Å². The Kier molecular flexibility index (Phi) is 5.62. The molecule has 0 aliphatic rings. The maximum Gasteiger partial charge on any atom is 0.391 e. The van der Waals surface area contributed by atoms with Crippen LogP contribution in [0, 0.1) is 25.7 Å². The Balaban J connectivity index is 4.30. The molecule has 0 rings (SSSR count). The molecule has 0 bridgehead atoms. The van der Waals surface area contributed by atoms with E-state index < -0.39 is 49.9 Å². The molecule has 0 saturated carbocycles. The first-order valence-electron chi connectivity index (χ1n) is 4.84. The molecule has 0 fully saturated rings. The van der Waals surface area contributed by atoms with Crippen LogP contribution in [0.15, 0.2) is 0 Å². The van der Waals surface area contributed by atoms with Crippen LogP contribution in [0.2, 0.25) is 0 Å². The zero-order valence-electron chi connectivity index (χ0n) is 8.67. The lowest BCUT2D eigenvalue weighted by Gasteiger charge is -2.23. The highest BCUT2D eigenvalue weighted by molar-refractivity contribution is 4.74. The van der Waals surface area contributed by atoms with E-state index in [-0.39, 0.29) is 0 Å². The van der Waals surface area contributed by atoms with E-state index in [2.05, 4.69) is 13.8 Å². The summed E-state index contributed by atoms with van der Waals surface area (Å²) in [7, 11) is 0.